The molecule has 1 aromatic heterocycles. The Kier molecular flexibility index (Phi) is 4.16. The Labute approximate surface area is 111 Å². The third-order valence-corrected chi connectivity index (χ3v) is 3.01. The Morgan fingerprint density at radius 3 is 3.00 bits per heavy atom. The first-order valence-corrected chi connectivity index (χ1v) is 6.28. The van der Waals surface area contributed by atoms with E-state index >= 15 is 0 Å². The highest BCUT2D eigenvalue weighted by molar-refractivity contribution is 5.94. The lowest BCUT2D eigenvalue weighted by Crippen LogP contribution is -2.44. The maximum atomic E-state index is 12.0. The summed E-state index contributed by atoms with van der Waals surface area (Å²) in [6.45, 7) is 2.60. The largest absolute Gasteiger partial charge is 0.360 e. The van der Waals surface area contributed by atoms with Gasteiger partial charge in [-0.3, -0.25) is 9.59 Å². The van der Waals surface area contributed by atoms with Gasteiger partial charge in [-0.2, -0.15) is 0 Å². The molecule has 1 fully saturated rings. The quantitative estimate of drug-likeness (QED) is 0.809. The molecule has 1 aromatic rings. The Morgan fingerprint density at radius 1 is 1.63 bits per heavy atom. The zero-order valence-electron chi connectivity index (χ0n) is 11.1. The van der Waals surface area contributed by atoms with Crippen LogP contribution < -0.4 is 10.6 Å². The first-order valence-electron chi connectivity index (χ1n) is 6.28. The van der Waals surface area contributed by atoms with Gasteiger partial charge in [-0.1, -0.05) is 5.16 Å². The van der Waals surface area contributed by atoms with Crippen LogP contribution in [-0.2, 0) is 9.59 Å². The minimum atomic E-state index is -0.290. The van der Waals surface area contributed by atoms with Crippen molar-refractivity contribution >= 4 is 17.6 Å². The summed E-state index contributed by atoms with van der Waals surface area (Å²) in [6, 6.07) is 1.46. The van der Waals surface area contributed by atoms with Crippen molar-refractivity contribution in [3.63, 3.8) is 0 Å². The highest BCUT2D eigenvalue weighted by atomic mass is 16.5. The fourth-order valence-corrected chi connectivity index (χ4v) is 2.06. The Morgan fingerprint density at radius 2 is 2.42 bits per heavy atom. The fraction of sp³-hybridized carbons (Fsp3) is 0.583. The van der Waals surface area contributed by atoms with E-state index in [9.17, 15) is 9.59 Å². The molecule has 2 amide bonds. The summed E-state index contributed by atoms with van der Waals surface area (Å²) < 4.78 is 4.84. The molecule has 2 N–H and O–H groups in total. The first kappa shape index (κ1) is 13.5. The van der Waals surface area contributed by atoms with Crippen molar-refractivity contribution in [1.82, 2.24) is 15.4 Å². The second-order valence-electron chi connectivity index (χ2n) is 4.71. The molecule has 7 heteroatoms. The van der Waals surface area contributed by atoms with Crippen molar-refractivity contribution < 1.29 is 14.1 Å². The van der Waals surface area contributed by atoms with Gasteiger partial charge in [0.05, 0.1) is 12.6 Å². The number of aromatic nitrogens is 1. The Balaban J connectivity index is 1.82. The number of likely N-dealkylation sites (N-methyl/N-ethyl adjacent to an activating group) is 1. The summed E-state index contributed by atoms with van der Waals surface area (Å²) in [7, 11) is 1.62. The zero-order chi connectivity index (χ0) is 13.8. The van der Waals surface area contributed by atoms with Gasteiger partial charge in [0.15, 0.2) is 5.82 Å². The third-order valence-electron chi connectivity index (χ3n) is 3.01. The number of aryl methyl sites for hydroxylation is 1. The number of nitrogens with one attached hydrogen (secondary N) is 2. The van der Waals surface area contributed by atoms with Crippen LogP contribution in [0.25, 0.3) is 0 Å². The number of amides is 2. The predicted molar refractivity (Wildman–Crippen MR) is 68.5 cm³/mol. The Hall–Kier alpha value is -1.89. The molecule has 19 heavy (non-hydrogen) atoms. The maximum Gasteiger partial charge on any atom is 0.245 e. The Bertz CT molecular complexity index is 465. The number of hydrogen-bond acceptors (Lipinski definition) is 5. The van der Waals surface area contributed by atoms with E-state index < -0.39 is 0 Å². The van der Waals surface area contributed by atoms with Crippen molar-refractivity contribution in [2.75, 3.05) is 25.5 Å². The van der Waals surface area contributed by atoms with Crippen molar-refractivity contribution in [3.8, 4) is 0 Å². The van der Waals surface area contributed by atoms with Crippen LogP contribution in [0.5, 0.6) is 0 Å². The topological polar surface area (TPSA) is 87.5 Å². The molecule has 7 nitrogen and oxygen atoms in total. The summed E-state index contributed by atoms with van der Waals surface area (Å²) in [6.07, 6.45) is 1.82. The second kappa shape index (κ2) is 5.83. The van der Waals surface area contributed by atoms with Gasteiger partial charge in [-0.05, 0) is 26.3 Å². The standard InChI is InChI=1S/C12H18N4O3/c1-8-6-10(15-19-8)14-11(17)7-16(2)12(18)9-4-3-5-13-9/h6,9,13H,3-5,7H2,1-2H3,(H,14,15,17)/t9-/m1/s1. The zero-order valence-corrected chi connectivity index (χ0v) is 11.1. The summed E-state index contributed by atoms with van der Waals surface area (Å²) in [5, 5.41) is 9.36. The second-order valence-corrected chi connectivity index (χ2v) is 4.71. The van der Waals surface area contributed by atoms with Gasteiger partial charge in [-0.15, -0.1) is 0 Å². The average Bonchev–Trinajstić information content (AvgIpc) is 2.99. The molecule has 0 aromatic carbocycles. The molecule has 0 aliphatic carbocycles. The highest BCUT2D eigenvalue weighted by Gasteiger charge is 2.25. The molecule has 104 valence electrons. The molecule has 1 aliphatic rings. The van der Waals surface area contributed by atoms with E-state index in [0.717, 1.165) is 19.4 Å². The number of carbonyl (C=O) groups excluding carboxylic acids is 2. The predicted octanol–water partition coefficient (Wildman–Crippen LogP) is 0.132. The van der Waals surface area contributed by atoms with Crippen molar-refractivity contribution in [3.05, 3.63) is 11.8 Å². The summed E-state index contributed by atoms with van der Waals surface area (Å²) >= 11 is 0. The fourth-order valence-electron chi connectivity index (χ4n) is 2.06. The minimum absolute atomic E-state index is 0.00290. The van der Waals surface area contributed by atoms with Gasteiger partial charge < -0.3 is 20.1 Å². The summed E-state index contributed by atoms with van der Waals surface area (Å²) in [5.74, 6) is 0.642. The van der Waals surface area contributed by atoms with Crippen LogP contribution in [0.1, 0.15) is 18.6 Å². The van der Waals surface area contributed by atoms with E-state index in [1.807, 2.05) is 0 Å². The SMILES string of the molecule is Cc1cc(NC(=O)CN(C)C(=O)[C@H]2CCCN2)no1. The minimum Gasteiger partial charge on any atom is -0.360 e. The smallest absolute Gasteiger partial charge is 0.245 e. The van der Waals surface area contributed by atoms with Gasteiger partial charge in [-0.25, -0.2) is 0 Å². The normalized spacial score (nSPS) is 18.3. The van der Waals surface area contributed by atoms with E-state index in [1.165, 1.54) is 4.90 Å². The van der Waals surface area contributed by atoms with Crippen LogP contribution in [0.4, 0.5) is 5.82 Å². The van der Waals surface area contributed by atoms with Crippen molar-refractivity contribution in [2.24, 2.45) is 0 Å². The number of anilines is 1. The van der Waals surface area contributed by atoms with Gasteiger partial charge >= 0.3 is 0 Å². The third kappa shape index (κ3) is 3.54. The van der Waals surface area contributed by atoms with Crippen LogP contribution in [0.15, 0.2) is 10.6 Å². The summed E-state index contributed by atoms with van der Waals surface area (Å²) in [5.41, 5.74) is 0. The lowest BCUT2D eigenvalue weighted by atomic mass is 10.2. The van der Waals surface area contributed by atoms with Crippen LogP contribution in [-0.4, -0.2) is 48.0 Å². The van der Waals surface area contributed by atoms with Crippen LogP contribution in [0.2, 0.25) is 0 Å². The molecular weight excluding hydrogens is 248 g/mol. The van der Waals surface area contributed by atoms with E-state index in [4.69, 9.17) is 4.52 Å². The number of rotatable bonds is 4. The van der Waals surface area contributed by atoms with Crippen molar-refractivity contribution in [2.45, 2.75) is 25.8 Å². The molecular formula is C12H18N4O3. The van der Waals surface area contributed by atoms with E-state index in [1.54, 1.807) is 20.0 Å². The van der Waals surface area contributed by atoms with Crippen LogP contribution in [0, 0.1) is 6.92 Å². The van der Waals surface area contributed by atoms with Crippen molar-refractivity contribution in [1.29, 1.82) is 0 Å². The molecule has 1 aliphatic heterocycles. The number of hydrogen-bond donors (Lipinski definition) is 2. The molecule has 0 unspecified atom stereocenters. The van der Waals surface area contributed by atoms with Gasteiger partial charge in [0.2, 0.25) is 11.8 Å². The molecule has 0 radical (unpaired) electrons. The van der Waals surface area contributed by atoms with E-state index in [0.29, 0.717) is 11.6 Å². The first-order chi connectivity index (χ1) is 9.06. The lowest BCUT2D eigenvalue weighted by molar-refractivity contribution is -0.134. The molecule has 0 saturated carbocycles. The molecule has 1 atom stereocenters. The molecule has 2 heterocycles. The molecule has 1 saturated heterocycles. The van der Waals surface area contributed by atoms with Crippen LogP contribution >= 0.6 is 0 Å². The number of nitrogens with zero attached hydrogens (tertiary/aromatic N) is 2. The van der Waals surface area contributed by atoms with Crippen LogP contribution in [0.3, 0.4) is 0 Å². The van der Waals surface area contributed by atoms with Gasteiger partial charge in [0.1, 0.15) is 5.76 Å². The molecule has 0 spiro atoms. The highest BCUT2D eigenvalue weighted by Crippen LogP contribution is 2.09. The van der Waals surface area contributed by atoms with E-state index in [2.05, 4.69) is 15.8 Å². The summed E-state index contributed by atoms with van der Waals surface area (Å²) in [4.78, 5) is 25.2. The van der Waals surface area contributed by atoms with Gasteiger partial charge in [0.25, 0.3) is 0 Å². The lowest BCUT2D eigenvalue weighted by Gasteiger charge is -2.20. The average molecular weight is 266 g/mol. The monoisotopic (exact) mass is 266 g/mol. The maximum absolute atomic E-state index is 12.0. The number of carbonyl (C=O) groups is 2. The van der Waals surface area contributed by atoms with Gasteiger partial charge in [0, 0.05) is 13.1 Å². The molecule has 2 rings (SSSR count). The molecule has 0 bridgehead atoms. The van der Waals surface area contributed by atoms with E-state index in [-0.39, 0.29) is 24.4 Å².